The maximum Gasteiger partial charge on any atom is 0.416 e. The molecule has 0 heterocycles. The Balaban J connectivity index is 1.76. The van der Waals surface area contributed by atoms with Crippen molar-refractivity contribution in [2.24, 2.45) is 0 Å². The number of aliphatic hydroxyl groups is 1. The lowest BCUT2D eigenvalue weighted by Crippen LogP contribution is -2.37. The zero-order chi connectivity index (χ0) is 22.1. The first-order valence-corrected chi connectivity index (χ1v) is 8.99. The van der Waals surface area contributed by atoms with E-state index in [9.17, 15) is 27.9 Å². The van der Waals surface area contributed by atoms with E-state index in [-0.39, 0.29) is 25.5 Å². The number of amides is 2. The van der Waals surface area contributed by atoms with Crippen molar-refractivity contribution in [3.05, 3.63) is 59.7 Å². The zero-order valence-corrected chi connectivity index (χ0v) is 16.0. The molecule has 2 amide bonds. The van der Waals surface area contributed by atoms with E-state index in [1.807, 2.05) is 0 Å². The van der Waals surface area contributed by atoms with E-state index >= 15 is 0 Å². The summed E-state index contributed by atoms with van der Waals surface area (Å²) >= 11 is 0. The van der Waals surface area contributed by atoms with Gasteiger partial charge in [-0.2, -0.15) is 13.2 Å². The monoisotopic (exact) mass is 426 g/mol. The summed E-state index contributed by atoms with van der Waals surface area (Å²) in [7, 11) is 0. The molecular formula is C20H21F3N2O5. The Morgan fingerprint density at radius 2 is 1.83 bits per heavy atom. The van der Waals surface area contributed by atoms with Gasteiger partial charge in [0.25, 0.3) is 0 Å². The zero-order valence-electron chi connectivity index (χ0n) is 16.0. The minimum absolute atomic E-state index is 0.0463. The molecule has 10 heteroatoms. The van der Waals surface area contributed by atoms with Gasteiger partial charge in [-0.15, -0.1) is 0 Å². The molecule has 0 spiro atoms. The van der Waals surface area contributed by atoms with Gasteiger partial charge in [-0.1, -0.05) is 6.07 Å². The molecule has 0 saturated heterocycles. The molecule has 0 unspecified atom stereocenters. The third-order valence-corrected chi connectivity index (χ3v) is 3.76. The predicted molar refractivity (Wildman–Crippen MR) is 102 cm³/mol. The Kier molecular flexibility index (Phi) is 8.05. The van der Waals surface area contributed by atoms with E-state index in [1.54, 1.807) is 6.92 Å². The third kappa shape index (κ3) is 7.28. The number of halogens is 3. The molecule has 0 aliphatic rings. The first kappa shape index (κ1) is 23.0. The second kappa shape index (κ2) is 10.5. The van der Waals surface area contributed by atoms with Crippen molar-refractivity contribution in [2.75, 3.05) is 25.1 Å². The number of ether oxygens (including phenoxy) is 2. The lowest BCUT2D eigenvalue weighted by atomic mass is 10.2. The number of anilines is 1. The number of alkyl halides is 3. The number of benzene rings is 2. The Labute approximate surface area is 170 Å². The van der Waals surface area contributed by atoms with Crippen LogP contribution in [-0.2, 0) is 10.9 Å². The van der Waals surface area contributed by atoms with Gasteiger partial charge in [0, 0.05) is 12.2 Å². The first-order valence-electron chi connectivity index (χ1n) is 8.99. The van der Waals surface area contributed by atoms with Gasteiger partial charge in [-0.25, -0.2) is 9.59 Å². The van der Waals surface area contributed by atoms with Crippen molar-refractivity contribution in [1.82, 2.24) is 5.32 Å². The molecule has 2 aromatic carbocycles. The van der Waals surface area contributed by atoms with Gasteiger partial charge in [0.2, 0.25) is 0 Å². The highest BCUT2D eigenvalue weighted by Gasteiger charge is 2.30. The largest absolute Gasteiger partial charge is 0.491 e. The number of rotatable bonds is 8. The van der Waals surface area contributed by atoms with E-state index < -0.39 is 29.8 Å². The number of carbonyl (C=O) groups excluding carboxylic acids is 2. The van der Waals surface area contributed by atoms with E-state index in [0.29, 0.717) is 11.3 Å². The highest BCUT2D eigenvalue weighted by Crippen LogP contribution is 2.31. The molecule has 7 nitrogen and oxygen atoms in total. The van der Waals surface area contributed by atoms with Crippen LogP contribution in [0.5, 0.6) is 5.75 Å². The minimum Gasteiger partial charge on any atom is -0.491 e. The molecule has 0 saturated carbocycles. The van der Waals surface area contributed by atoms with Crippen molar-refractivity contribution >= 4 is 17.7 Å². The third-order valence-electron chi connectivity index (χ3n) is 3.76. The molecule has 0 radical (unpaired) electrons. The molecule has 3 N–H and O–H groups in total. The molecule has 0 aromatic heterocycles. The molecule has 0 bridgehead atoms. The lowest BCUT2D eigenvalue weighted by molar-refractivity contribution is -0.137. The predicted octanol–water partition coefficient (Wildman–Crippen LogP) is 3.44. The second-order valence-electron chi connectivity index (χ2n) is 6.12. The summed E-state index contributed by atoms with van der Waals surface area (Å²) in [5.74, 6) is -0.521. The van der Waals surface area contributed by atoms with Gasteiger partial charge in [-0.05, 0) is 49.4 Å². The normalized spacial score (nSPS) is 12.0. The van der Waals surface area contributed by atoms with Crippen LogP contribution in [0.1, 0.15) is 22.8 Å². The maximum atomic E-state index is 12.7. The van der Waals surface area contributed by atoms with Crippen molar-refractivity contribution in [1.29, 1.82) is 0 Å². The van der Waals surface area contributed by atoms with Gasteiger partial charge in [-0.3, -0.25) is 0 Å². The molecule has 0 fully saturated rings. The number of urea groups is 1. The molecule has 0 aliphatic heterocycles. The topological polar surface area (TPSA) is 96.9 Å². The van der Waals surface area contributed by atoms with Crippen LogP contribution < -0.4 is 15.4 Å². The van der Waals surface area contributed by atoms with Crippen LogP contribution in [0, 0.1) is 0 Å². The molecule has 1 atom stereocenters. The summed E-state index contributed by atoms with van der Waals surface area (Å²) in [6, 6.07) is 9.67. The average molecular weight is 426 g/mol. The second-order valence-corrected chi connectivity index (χ2v) is 6.12. The molecule has 0 aliphatic carbocycles. The van der Waals surface area contributed by atoms with Crippen LogP contribution in [-0.4, -0.2) is 43.0 Å². The van der Waals surface area contributed by atoms with Crippen molar-refractivity contribution in [2.45, 2.75) is 19.2 Å². The van der Waals surface area contributed by atoms with Crippen LogP contribution in [0.15, 0.2) is 48.5 Å². The fourth-order valence-corrected chi connectivity index (χ4v) is 2.30. The number of hydrogen-bond donors (Lipinski definition) is 3. The highest BCUT2D eigenvalue weighted by atomic mass is 19.4. The lowest BCUT2D eigenvalue weighted by Gasteiger charge is -2.15. The summed E-state index contributed by atoms with van der Waals surface area (Å²) in [5, 5.41) is 14.8. The number of carbonyl (C=O) groups is 2. The fraction of sp³-hybridized carbons (Fsp3) is 0.300. The van der Waals surface area contributed by atoms with Crippen molar-refractivity contribution in [3.8, 4) is 5.75 Å². The van der Waals surface area contributed by atoms with Gasteiger partial charge in [0.05, 0.1) is 17.7 Å². The minimum atomic E-state index is -4.49. The Hall–Kier alpha value is -3.27. The summed E-state index contributed by atoms with van der Waals surface area (Å²) in [6.07, 6.45) is -5.64. The van der Waals surface area contributed by atoms with Gasteiger partial charge in [0.1, 0.15) is 18.5 Å². The summed E-state index contributed by atoms with van der Waals surface area (Å²) in [5.41, 5.74) is -0.110. The first-order chi connectivity index (χ1) is 14.2. The summed E-state index contributed by atoms with van der Waals surface area (Å²) in [4.78, 5) is 23.4. The summed E-state index contributed by atoms with van der Waals surface area (Å²) in [6.45, 7) is 1.44. The molecule has 2 aromatic rings. The summed E-state index contributed by atoms with van der Waals surface area (Å²) < 4.78 is 48.0. The van der Waals surface area contributed by atoms with E-state index in [0.717, 1.165) is 12.1 Å². The maximum absolute atomic E-state index is 12.7. The molecule has 30 heavy (non-hydrogen) atoms. The standard InChI is InChI=1S/C20H21F3N2O5/c1-2-29-18(27)13-6-8-15(9-7-13)25-19(28)24-11-16(26)12-30-17-5-3-4-14(10-17)20(21,22)23/h3-10,16,26H,2,11-12H2,1H3,(H2,24,25,28)/t16-/m1/s1. The van der Waals surface area contributed by atoms with E-state index in [4.69, 9.17) is 9.47 Å². The molecule has 2 rings (SSSR count). The number of aliphatic hydroxyl groups excluding tert-OH is 1. The Bertz CT molecular complexity index is 856. The van der Waals surface area contributed by atoms with Crippen molar-refractivity contribution in [3.63, 3.8) is 0 Å². The fourth-order valence-electron chi connectivity index (χ4n) is 2.30. The van der Waals surface area contributed by atoms with Gasteiger partial charge < -0.3 is 25.2 Å². The molecule has 162 valence electrons. The van der Waals surface area contributed by atoms with E-state index in [1.165, 1.54) is 36.4 Å². The average Bonchev–Trinajstić information content (AvgIpc) is 2.71. The highest BCUT2D eigenvalue weighted by molar-refractivity contribution is 5.92. The van der Waals surface area contributed by atoms with Crippen LogP contribution in [0.3, 0.4) is 0 Å². The quantitative estimate of drug-likeness (QED) is 0.562. The van der Waals surface area contributed by atoms with Crippen molar-refractivity contribution < 1.29 is 37.3 Å². The smallest absolute Gasteiger partial charge is 0.416 e. The number of esters is 1. The van der Waals surface area contributed by atoms with Crippen LogP contribution in [0.2, 0.25) is 0 Å². The van der Waals surface area contributed by atoms with Crippen LogP contribution in [0.4, 0.5) is 23.7 Å². The molecular weight excluding hydrogens is 405 g/mol. The number of nitrogens with one attached hydrogen (secondary N) is 2. The Morgan fingerprint density at radius 1 is 1.13 bits per heavy atom. The number of hydrogen-bond acceptors (Lipinski definition) is 5. The van der Waals surface area contributed by atoms with Gasteiger partial charge >= 0.3 is 18.2 Å². The van der Waals surface area contributed by atoms with E-state index in [2.05, 4.69) is 10.6 Å². The van der Waals surface area contributed by atoms with Crippen LogP contribution >= 0.6 is 0 Å². The SMILES string of the molecule is CCOC(=O)c1ccc(NC(=O)NC[C@@H](O)COc2cccc(C(F)(F)F)c2)cc1. The van der Waals surface area contributed by atoms with Crippen LogP contribution in [0.25, 0.3) is 0 Å². The Morgan fingerprint density at radius 3 is 2.47 bits per heavy atom. The van der Waals surface area contributed by atoms with Gasteiger partial charge in [0.15, 0.2) is 0 Å².